The lowest BCUT2D eigenvalue weighted by atomic mass is 9.62. The number of alkyl halides is 6. The first kappa shape index (κ1) is 27.6. The summed E-state index contributed by atoms with van der Waals surface area (Å²) >= 11 is 0. The van der Waals surface area contributed by atoms with Gasteiger partial charge in [0.2, 0.25) is 0 Å². The summed E-state index contributed by atoms with van der Waals surface area (Å²) in [5.41, 5.74) is 0. The third-order valence-corrected chi connectivity index (χ3v) is 10.2. The van der Waals surface area contributed by atoms with Gasteiger partial charge in [-0.05, 0) is 112 Å². The molecule has 0 saturated heterocycles. The van der Waals surface area contributed by atoms with Crippen molar-refractivity contribution in [3.63, 3.8) is 0 Å². The van der Waals surface area contributed by atoms with Gasteiger partial charge in [-0.3, -0.25) is 4.74 Å². The van der Waals surface area contributed by atoms with Gasteiger partial charge in [0, 0.05) is 0 Å². The van der Waals surface area contributed by atoms with Crippen LogP contribution in [0.3, 0.4) is 0 Å². The molecule has 0 bridgehead atoms. The number of halogens is 6. The molecular weight excluding hydrogens is 466 g/mol. The minimum absolute atomic E-state index is 0.247. The second-order valence-electron chi connectivity index (χ2n) is 12.3. The highest BCUT2D eigenvalue weighted by Crippen LogP contribution is 2.49. The maximum atomic E-state index is 15.3. The van der Waals surface area contributed by atoms with Crippen LogP contribution in [0, 0.1) is 41.4 Å². The van der Waals surface area contributed by atoms with E-state index >= 15 is 4.39 Å². The average Bonchev–Trinajstić information content (AvgIpc) is 2.81. The molecule has 0 N–H and O–H groups in total. The second kappa shape index (κ2) is 11.9. The second-order valence-corrected chi connectivity index (χ2v) is 12.3. The Balaban J connectivity index is 1.21. The minimum Gasteiger partial charge on any atom is -0.282 e. The summed E-state index contributed by atoms with van der Waals surface area (Å²) in [6.07, 6.45) is 1.99. The molecule has 4 fully saturated rings. The zero-order valence-corrected chi connectivity index (χ0v) is 21.1. The number of hydrogen-bond acceptors (Lipinski definition) is 1. The van der Waals surface area contributed by atoms with Crippen LogP contribution in [0.4, 0.5) is 26.3 Å². The molecule has 4 rings (SSSR count). The zero-order valence-electron chi connectivity index (χ0n) is 21.1. The van der Waals surface area contributed by atoms with E-state index < -0.39 is 42.8 Å². The van der Waals surface area contributed by atoms with E-state index in [1.165, 1.54) is 64.2 Å². The molecule has 35 heavy (non-hydrogen) atoms. The zero-order chi connectivity index (χ0) is 25.2. The van der Waals surface area contributed by atoms with E-state index in [0.717, 1.165) is 24.2 Å². The number of hydrogen-bond donors (Lipinski definition) is 0. The Kier molecular flexibility index (Phi) is 9.41. The Morgan fingerprint density at radius 3 is 1.54 bits per heavy atom. The topological polar surface area (TPSA) is 9.23 Å². The van der Waals surface area contributed by atoms with Crippen LogP contribution in [0.2, 0.25) is 0 Å². The van der Waals surface area contributed by atoms with Crippen LogP contribution in [0.25, 0.3) is 0 Å². The molecule has 4 aliphatic rings. The van der Waals surface area contributed by atoms with Crippen molar-refractivity contribution in [2.75, 3.05) is 0 Å². The van der Waals surface area contributed by atoms with Crippen LogP contribution in [0.5, 0.6) is 0 Å². The Bertz CT molecular complexity index is 628. The average molecular weight is 511 g/mol. The van der Waals surface area contributed by atoms with Crippen LogP contribution in [0.15, 0.2) is 0 Å². The summed E-state index contributed by atoms with van der Waals surface area (Å²) in [4.78, 5) is 0. The lowest BCUT2D eigenvalue weighted by molar-refractivity contribution is -0.358. The molecule has 5 unspecified atom stereocenters. The van der Waals surface area contributed by atoms with Gasteiger partial charge in [0.15, 0.2) is 0 Å². The lowest BCUT2D eigenvalue weighted by Crippen LogP contribution is -2.48. The summed E-state index contributed by atoms with van der Waals surface area (Å²) in [5, 5.41) is 0. The molecule has 0 heterocycles. The normalized spacial score (nSPS) is 45.9. The molecule has 0 aliphatic heterocycles. The third-order valence-electron chi connectivity index (χ3n) is 10.2. The summed E-state index contributed by atoms with van der Waals surface area (Å²) in [6, 6.07) is 0. The molecular formula is C28H44F6O. The Labute approximate surface area is 207 Å². The highest BCUT2D eigenvalue weighted by molar-refractivity contribution is 4.95. The number of rotatable bonds is 6. The predicted octanol–water partition coefficient (Wildman–Crippen LogP) is 9.14. The molecule has 0 aromatic carbocycles. The molecule has 0 aromatic heterocycles. The van der Waals surface area contributed by atoms with E-state index in [9.17, 15) is 22.0 Å². The van der Waals surface area contributed by atoms with Gasteiger partial charge in [0.05, 0.1) is 0 Å². The first-order valence-corrected chi connectivity index (χ1v) is 14.3. The van der Waals surface area contributed by atoms with E-state index in [2.05, 4.69) is 11.7 Å². The number of ether oxygens (including phenoxy) is 1. The maximum Gasteiger partial charge on any atom is 0.522 e. The van der Waals surface area contributed by atoms with Gasteiger partial charge in [-0.1, -0.05) is 32.6 Å². The van der Waals surface area contributed by atoms with Gasteiger partial charge in [0.1, 0.15) is 24.6 Å². The van der Waals surface area contributed by atoms with Crippen molar-refractivity contribution >= 4 is 0 Å². The van der Waals surface area contributed by atoms with Crippen LogP contribution < -0.4 is 0 Å². The van der Waals surface area contributed by atoms with Crippen LogP contribution in [0.1, 0.15) is 103 Å². The molecule has 0 amide bonds. The summed E-state index contributed by atoms with van der Waals surface area (Å²) < 4.78 is 85.2. The largest absolute Gasteiger partial charge is 0.522 e. The van der Waals surface area contributed by atoms with E-state index in [-0.39, 0.29) is 12.8 Å². The quantitative estimate of drug-likeness (QED) is 0.324. The van der Waals surface area contributed by atoms with Crippen molar-refractivity contribution in [2.45, 2.75) is 134 Å². The summed E-state index contributed by atoms with van der Waals surface area (Å²) in [7, 11) is 0. The van der Waals surface area contributed by atoms with E-state index in [1.807, 2.05) is 0 Å². The summed E-state index contributed by atoms with van der Waals surface area (Å²) in [5.74, 6) is 2.48. The highest BCUT2D eigenvalue weighted by atomic mass is 19.4. The van der Waals surface area contributed by atoms with E-state index in [0.29, 0.717) is 24.7 Å². The van der Waals surface area contributed by atoms with Gasteiger partial charge in [-0.15, -0.1) is 13.2 Å². The molecule has 4 aliphatic carbocycles. The molecule has 7 heteroatoms. The molecule has 204 valence electrons. The van der Waals surface area contributed by atoms with E-state index in [4.69, 9.17) is 0 Å². The lowest BCUT2D eigenvalue weighted by Gasteiger charge is -2.45. The minimum atomic E-state index is -5.07. The van der Waals surface area contributed by atoms with Gasteiger partial charge in [-0.2, -0.15) is 0 Å². The Morgan fingerprint density at radius 2 is 1.06 bits per heavy atom. The third kappa shape index (κ3) is 7.10. The molecule has 0 radical (unpaired) electrons. The van der Waals surface area contributed by atoms with Crippen molar-refractivity contribution in [1.29, 1.82) is 0 Å². The Hall–Kier alpha value is -0.460. The van der Waals surface area contributed by atoms with Crippen molar-refractivity contribution in [2.24, 2.45) is 41.4 Å². The summed E-state index contributed by atoms with van der Waals surface area (Å²) in [6.45, 7) is 2.27. The smallest absolute Gasteiger partial charge is 0.282 e. The maximum absolute atomic E-state index is 15.3. The van der Waals surface area contributed by atoms with Crippen LogP contribution in [-0.2, 0) is 4.74 Å². The predicted molar refractivity (Wildman–Crippen MR) is 125 cm³/mol. The first-order valence-electron chi connectivity index (χ1n) is 14.3. The molecule has 4 saturated carbocycles. The molecule has 5 atom stereocenters. The van der Waals surface area contributed by atoms with Gasteiger partial charge >= 0.3 is 6.36 Å². The Morgan fingerprint density at radius 1 is 0.600 bits per heavy atom. The van der Waals surface area contributed by atoms with Crippen molar-refractivity contribution < 1.29 is 31.1 Å². The molecule has 1 nitrogen and oxygen atoms in total. The molecule has 0 spiro atoms. The van der Waals surface area contributed by atoms with Crippen molar-refractivity contribution in [3.8, 4) is 0 Å². The first-order chi connectivity index (χ1) is 16.6. The van der Waals surface area contributed by atoms with E-state index in [1.54, 1.807) is 0 Å². The standard InChI is InChI=1S/C28H44F6O/c1-2-3-17-4-6-18(7-5-17)19-8-10-20(11-9-19)21-12-13-23(24(29)14-21)22-15-25(30)27(26(31)16-22)35-28(32,33)34/h17-27H,2-16H2,1H3. The van der Waals surface area contributed by atoms with Crippen LogP contribution >= 0.6 is 0 Å². The van der Waals surface area contributed by atoms with Crippen molar-refractivity contribution in [1.82, 2.24) is 0 Å². The molecule has 0 aromatic rings. The van der Waals surface area contributed by atoms with Gasteiger partial charge in [0.25, 0.3) is 0 Å². The van der Waals surface area contributed by atoms with Crippen LogP contribution in [-0.4, -0.2) is 31.0 Å². The fourth-order valence-corrected chi connectivity index (χ4v) is 8.39. The monoisotopic (exact) mass is 510 g/mol. The fourth-order valence-electron chi connectivity index (χ4n) is 8.39. The SMILES string of the molecule is CCCC1CCC(C2CCC(C3CCC(C4CC(F)C(OC(F)(F)F)C(F)C4)C(F)C3)CC2)CC1. The highest BCUT2D eigenvalue weighted by Gasteiger charge is 2.49. The fraction of sp³-hybridized carbons (Fsp3) is 1.00. The van der Waals surface area contributed by atoms with Gasteiger partial charge in [-0.25, -0.2) is 13.2 Å². The van der Waals surface area contributed by atoms with Gasteiger partial charge < -0.3 is 0 Å². The van der Waals surface area contributed by atoms with Crippen molar-refractivity contribution in [3.05, 3.63) is 0 Å².